The Bertz CT molecular complexity index is 804. The van der Waals surface area contributed by atoms with Crippen LogP contribution < -0.4 is 5.32 Å². The van der Waals surface area contributed by atoms with Gasteiger partial charge in [-0.3, -0.25) is 9.69 Å². The van der Waals surface area contributed by atoms with Gasteiger partial charge in [-0.2, -0.15) is 0 Å². The maximum absolute atomic E-state index is 12.8. The molecule has 1 amide bonds. The molecule has 3 rings (SSSR count). The van der Waals surface area contributed by atoms with Crippen molar-refractivity contribution in [1.82, 2.24) is 4.90 Å². The van der Waals surface area contributed by atoms with E-state index in [0.717, 1.165) is 19.5 Å². The van der Waals surface area contributed by atoms with Gasteiger partial charge in [-0.1, -0.05) is 61.3 Å². The molecule has 0 radical (unpaired) electrons. The zero-order valence-corrected chi connectivity index (χ0v) is 16.9. The number of halogens is 2. The van der Waals surface area contributed by atoms with Crippen molar-refractivity contribution in [2.24, 2.45) is 0 Å². The summed E-state index contributed by atoms with van der Waals surface area (Å²) in [5, 5.41) is 3.88. The van der Waals surface area contributed by atoms with E-state index in [4.69, 9.17) is 23.2 Å². The van der Waals surface area contributed by atoms with Crippen molar-refractivity contribution in [3.8, 4) is 0 Å². The van der Waals surface area contributed by atoms with Crippen LogP contribution in [0.2, 0.25) is 10.0 Å². The summed E-state index contributed by atoms with van der Waals surface area (Å²) >= 11 is 12.0. The Morgan fingerprint density at radius 1 is 1.15 bits per heavy atom. The molecule has 0 aliphatic carbocycles. The fraction of sp³-hybridized carbons (Fsp3) is 0.381. The zero-order chi connectivity index (χ0) is 18.9. The molecular weight excluding hydrogens is 367 g/mol. The molecule has 1 N–H and O–H groups in total. The number of hydrogen-bond acceptors (Lipinski definition) is 2. The number of likely N-dealkylation sites (tertiary alicyclic amines) is 1. The first-order chi connectivity index (χ1) is 12.3. The van der Waals surface area contributed by atoms with E-state index in [0.29, 0.717) is 21.7 Å². The standard InChI is InChI=1S/C21H24Cl2N2O/c1-14(2)16-6-4-15(5-7-16)13-25-11-10-21(25,3)20(26)24-17-8-9-18(22)19(23)12-17/h4-9,12,14H,10-11,13H2,1-3H3,(H,24,26). The molecule has 138 valence electrons. The molecule has 5 heteroatoms. The van der Waals surface area contributed by atoms with Gasteiger partial charge in [0.25, 0.3) is 0 Å². The van der Waals surface area contributed by atoms with Gasteiger partial charge in [-0.25, -0.2) is 0 Å². The van der Waals surface area contributed by atoms with Crippen molar-refractivity contribution in [3.05, 3.63) is 63.6 Å². The van der Waals surface area contributed by atoms with Crippen molar-refractivity contribution in [1.29, 1.82) is 0 Å². The first-order valence-corrected chi connectivity index (χ1v) is 9.65. The van der Waals surface area contributed by atoms with Gasteiger partial charge in [0.1, 0.15) is 0 Å². The number of anilines is 1. The number of hydrogen-bond donors (Lipinski definition) is 1. The van der Waals surface area contributed by atoms with Gasteiger partial charge in [0.05, 0.1) is 15.6 Å². The summed E-state index contributed by atoms with van der Waals surface area (Å²) in [6, 6.07) is 13.8. The van der Waals surface area contributed by atoms with Crippen LogP contribution in [0.15, 0.2) is 42.5 Å². The number of carbonyl (C=O) groups excluding carboxylic acids is 1. The molecule has 0 spiro atoms. The average Bonchev–Trinajstić information content (AvgIpc) is 2.61. The lowest BCUT2D eigenvalue weighted by Gasteiger charge is -2.49. The number of benzene rings is 2. The molecule has 1 aliphatic rings. The Labute approximate surface area is 165 Å². The van der Waals surface area contributed by atoms with Crippen LogP contribution in [0.1, 0.15) is 44.2 Å². The second-order valence-electron chi connectivity index (χ2n) is 7.42. The largest absolute Gasteiger partial charge is 0.324 e. The predicted octanol–water partition coefficient (Wildman–Crippen LogP) is 5.72. The number of carbonyl (C=O) groups is 1. The summed E-state index contributed by atoms with van der Waals surface area (Å²) in [7, 11) is 0. The van der Waals surface area contributed by atoms with Crippen molar-refractivity contribution >= 4 is 34.8 Å². The van der Waals surface area contributed by atoms with Gasteiger partial charge in [-0.15, -0.1) is 0 Å². The van der Waals surface area contributed by atoms with E-state index in [2.05, 4.69) is 48.3 Å². The molecular formula is C21H24Cl2N2O. The lowest BCUT2D eigenvalue weighted by atomic mass is 9.85. The second-order valence-corrected chi connectivity index (χ2v) is 8.24. The third kappa shape index (κ3) is 3.90. The van der Waals surface area contributed by atoms with Crippen molar-refractivity contribution in [3.63, 3.8) is 0 Å². The van der Waals surface area contributed by atoms with Gasteiger partial charge in [0.15, 0.2) is 0 Å². The second kappa shape index (κ2) is 7.59. The van der Waals surface area contributed by atoms with Crippen molar-refractivity contribution in [2.45, 2.75) is 45.2 Å². The van der Waals surface area contributed by atoms with E-state index in [1.165, 1.54) is 11.1 Å². The number of nitrogens with one attached hydrogen (secondary N) is 1. The number of nitrogens with zero attached hydrogens (tertiary/aromatic N) is 1. The minimum absolute atomic E-state index is 0.0130. The highest BCUT2D eigenvalue weighted by molar-refractivity contribution is 6.42. The van der Waals surface area contributed by atoms with Crippen LogP contribution in [0.25, 0.3) is 0 Å². The molecule has 1 heterocycles. The molecule has 26 heavy (non-hydrogen) atoms. The molecule has 1 saturated heterocycles. The Morgan fingerprint density at radius 2 is 1.85 bits per heavy atom. The van der Waals surface area contributed by atoms with Crippen LogP contribution in [0.5, 0.6) is 0 Å². The topological polar surface area (TPSA) is 32.3 Å². The SMILES string of the molecule is CC(C)c1ccc(CN2CCC2(C)C(=O)Nc2ccc(Cl)c(Cl)c2)cc1. The number of rotatable bonds is 5. The highest BCUT2D eigenvalue weighted by Crippen LogP contribution is 2.34. The van der Waals surface area contributed by atoms with E-state index < -0.39 is 5.54 Å². The van der Waals surface area contributed by atoms with Crippen LogP contribution in [-0.2, 0) is 11.3 Å². The molecule has 1 atom stereocenters. The minimum Gasteiger partial charge on any atom is -0.324 e. The Hall–Kier alpha value is -1.55. The van der Waals surface area contributed by atoms with Gasteiger partial charge >= 0.3 is 0 Å². The maximum Gasteiger partial charge on any atom is 0.244 e. The lowest BCUT2D eigenvalue weighted by molar-refractivity contribution is -0.136. The summed E-state index contributed by atoms with van der Waals surface area (Å²) in [6.07, 6.45) is 0.838. The summed E-state index contributed by atoms with van der Waals surface area (Å²) in [4.78, 5) is 15.0. The zero-order valence-electron chi connectivity index (χ0n) is 15.4. The minimum atomic E-state index is -0.511. The van der Waals surface area contributed by atoms with Crippen LogP contribution in [-0.4, -0.2) is 22.9 Å². The Kier molecular flexibility index (Phi) is 5.61. The predicted molar refractivity (Wildman–Crippen MR) is 109 cm³/mol. The maximum atomic E-state index is 12.8. The van der Waals surface area contributed by atoms with E-state index in [1.54, 1.807) is 18.2 Å². The van der Waals surface area contributed by atoms with E-state index in [-0.39, 0.29) is 5.91 Å². The highest BCUT2D eigenvalue weighted by Gasteiger charge is 2.46. The van der Waals surface area contributed by atoms with Gasteiger partial charge in [-0.05, 0) is 48.6 Å². The van der Waals surface area contributed by atoms with Crippen LogP contribution >= 0.6 is 23.2 Å². The number of amides is 1. The summed E-state index contributed by atoms with van der Waals surface area (Å²) in [5.74, 6) is 0.510. The smallest absolute Gasteiger partial charge is 0.244 e. The molecule has 1 unspecified atom stereocenters. The monoisotopic (exact) mass is 390 g/mol. The van der Waals surface area contributed by atoms with Crippen molar-refractivity contribution in [2.75, 3.05) is 11.9 Å². The molecule has 2 aromatic carbocycles. The van der Waals surface area contributed by atoms with Gasteiger partial charge < -0.3 is 5.32 Å². The van der Waals surface area contributed by atoms with E-state index >= 15 is 0 Å². The van der Waals surface area contributed by atoms with E-state index in [9.17, 15) is 4.79 Å². The summed E-state index contributed by atoms with van der Waals surface area (Å²) in [6.45, 7) is 8.05. The normalized spacial score (nSPS) is 20.1. The molecule has 1 fully saturated rings. The molecule has 1 aliphatic heterocycles. The Balaban J connectivity index is 1.67. The van der Waals surface area contributed by atoms with Gasteiger partial charge in [0.2, 0.25) is 5.91 Å². The van der Waals surface area contributed by atoms with E-state index in [1.807, 2.05) is 6.92 Å². The van der Waals surface area contributed by atoms with Crippen LogP contribution in [0.3, 0.4) is 0 Å². The first kappa shape index (κ1) is 19.2. The summed E-state index contributed by atoms with van der Waals surface area (Å²) < 4.78 is 0. The van der Waals surface area contributed by atoms with Crippen LogP contribution in [0, 0.1) is 0 Å². The lowest BCUT2D eigenvalue weighted by Crippen LogP contribution is -2.63. The summed E-state index contributed by atoms with van der Waals surface area (Å²) in [5.41, 5.74) is 2.71. The molecule has 0 bridgehead atoms. The van der Waals surface area contributed by atoms with Crippen molar-refractivity contribution < 1.29 is 4.79 Å². The molecule has 2 aromatic rings. The third-order valence-corrected chi connectivity index (χ3v) is 5.99. The Morgan fingerprint density at radius 3 is 2.38 bits per heavy atom. The highest BCUT2D eigenvalue weighted by atomic mass is 35.5. The van der Waals surface area contributed by atoms with Crippen LogP contribution in [0.4, 0.5) is 5.69 Å². The molecule has 0 aromatic heterocycles. The van der Waals surface area contributed by atoms with Gasteiger partial charge in [0, 0.05) is 18.8 Å². The fourth-order valence-electron chi connectivity index (χ4n) is 3.18. The third-order valence-electron chi connectivity index (χ3n) is 5.25. The molecule has 0 saturated carbocycles. The quantitative estimate of drug-likeness (QED) is 0.707. The fourth-order valence-corrected chi connectivity index (χ4v) is 3.48. The first-order valence-electron chi connectivity index (χ1n) is 8.90. The molecule has 3 nitrogen and oxygen atoms in total. The average molecular weight is 391 g/mol.